The lowest BCUT2D eigenvalue weighted by Crippen LogP contribution is -2.36. The largest absolute Gasteiger partial charge is 0.456 e. The summed E-state index contributed by atoms with van der Waals surface area (Å²) in [5.74, 6) is -1.82. The molecule has 6 nitrogen and oxygen atoms in total. The van der Waals surface area contributed by atoms with Crippen LogP contribution in [0.1, 0.15) is 13.3 Å². The standard InChI is InChI=1S/C20H18ClFN2O4S/c1-2-24(14-6-4-13(22)5-7-14)18(25)11-28-19(26)10-17-20(27)23-15-9-12(21)3-8-16(15)29-17/h3-9,17H,2,10-11H2,1H3,(H,23,27). The third kappa shape index (κ3) is 5.27. The molecule has 152 valence electrons. The van der Waals surface area contributed by atoms with Crippen LogP contribution in [0, 0.1) is 5.82 Å². The maximum absolute atomic E-state index is 13.1. The van der Waals surface area contributed by atoms with Gasteiger partial charge in [-0.1, -0.05) is 11.6 Å². The number of rotatable bonds is 6. The van der Waals surface area contributed by atoms with Crippen LogP contribution < -0.4 is 10.2 Å². The summed E-state index contributed by atoms with van der Waals surface area (Å²) in [5, 5.41) is 2.56. The third-order valence-electron chi connectivity index (χ3n) is 4.23. The second kappa shape index (κ2) is 9.28. The first-order valence-electron chi connectivity index (χ1n) is 8.86. The van der Waals surface area contributed by atoms with Crippen molar-refractivity contribution in [2.75, 3.05) is 23.4 Å². The first-order chi connectivity index (χ1) is 13.9. The van der Waals surface area contributed by atoms with Gasteiger partial charge >= 0.3 is 5.97 Å². The summed E-state index contributed by atoms with van der Waals surface area (Å²) in [5.41, 5.74) is 1.11. The van der Waals surface area contributed by atoms with Crippen LogP contribution in [0.2, 0.25) is 5.02 Å². The van der Waals surface area contributed by atoms with Crippen molar-refractivity contribution >= 4 is 52.5 Å². The molecule has 2 amide bonds. The summed E-state index contributed by atoms with van der Waals surface area (Å²) in [4.78, 5) is 38.9. The van der Waals surface area contributed by atoms with Crippen LogP contribution in [0.4, 0.5) is 15.8 Å². The summed E-state index contributed by atoms with van der Waals surface area (Å²) in [7, 11) is 0. The minimum Gasteiger partial charge on any atom is -0.456 e. The molecular formula is C20H18ClFN2O4S. The Kier molecular flexibility index (Phi) is 6.76. The van der Waals surface area contributed by atoms with E-state index in [2.05, 4.69) is 5.32 Å². The fraction of sp³-hybridized carbons (Fsp3) is 0.250. The van der Waals surface area contributed by atoms with Crippen molar-refractivity contribution in [3.8, 4) is 0 Å². The number of nitrogens with one attached hydrogen (secondary N) is 1. The molecule has 2 aromatic rings. The number of anilines is 2. The summed E-state index contributed by atoms with van der Waals surface area (Å²) >= 11 is 7.16. The smallest absolute Gasteiger partial charge is 0.307 e. The normalized spacial score (nSPS) is 15.3. The zero-order valence-corrected chi connectivity index (χ0v) is 17.1. The molecule has 0 spiro atoms. The first kappa shape index (κ1) is 21.1. The highest BCUT2D eigenvalue weighted by molar-refractivity contribution is 8.01. The molecule has 2 aromatic carbocycles. The van der Waals surface area contributed by atoms with Gasteiger partial charge in [-0.25, -0.2) is 4.39 Å². The lowest BCUT2D eigenvalue weighted by atomic mass is 10.2. The molecule has 29 heavy (non-hydrogen) atoms. The van der Waals surface area contributed by atoms with E-state index < -0.39 is 29.6 Å². The van der Waals surface area contributed by atoms with E-state index in [1.165, 1.54) is 40.9 Å². The van der Waals surface area contributed by atoms with Crippen molar-refractivity contribution in [3.05, 3.63) is 53.3 Å². The highest BCUT2D eigenvalue weighted by Crippen LogP contribution is 2.38. The van der Waals surface area contributed by atoms with Crippen LogP contribution in [0.25, 0.3) is 0 Å². The van der Waals surface area contributed by atoms with Gasteiger partial charge < -0.3 is 15.0 Å². The summed E-state index contributed by atoms with van der Waals surface area (Å²) in [6, 6.07) is 10.6. The van der Waals surface area contributed by atoms with Crippen LogP contribution in [0.3, 0.4) is 0 Å². The fourth-order valence-corrected chi connectivity index (χ4v) is 4.06. The first-order valence-corrected chi connectivity index (χ1v) is 10.1. The Labute approximate surface area is 176 Å². The van der Waals surface area contributed by atoms with Gasteiger partial charge in [0.2, 0.25) is 5.91 Å². The zero-order valence-electron chi connectivity index (χ0n) is 15.5. The van der Waals surface area contributed by atoms with Gasteiger partial charge in [0.15, 0.2) is 6.61 Å². The number of thioether (sulfide) groups is 1. The van der Waals surface area contributed by atoms with Gasteiger partial charge in [-0.3, -0.25) is 14.4 Å². The number of likely N-dealkylation sites (N-methyl/N-ethyl adjacent to an activating group) is 1. The predicted octanol–water partition coefficient (Wildman–Crippen LogP) is 3.88. The Morgan fingerprint density at radius 3 is 2.66 bits per heavy atom. The molecule has 9 heteroatoms. The molecule has 0 aromatic heterocycles. The van der Waals surface area contributed by atoms with E-state index in [1.54, 1.807) is 25.1 Å². The summed E-state index contributed by atoms with van der Waals surface area (Å²) in [6.45, 7) is 1.63. The lowest BCUT2D eigenvalue weighted by molar-refractivity contribution is -0.148. The second-order valence-corrected chi connectivity index (χ2v) is 7.90. The lowest BCUT2D eigenvalue weighted by Gasteiger charge is -2.24. The molecule has 1 heterocycles. The van der Waals surface area contributed by atoms with Crippen molar-refractivity contribution in [3.63, 3.8) is 0 Å². The number of esters is 1. The van der Waals surface area contributed by atoms with Gasteiger partial charge in [-0.2, -0.15) is 0 Å². The van der Waals surface area contributed by atoms with Crippen molar-refractivity contribution in [2.45, 2.75) is 23.5 Å². The molecule has 1 unspecified atom stereocenters. The van der Waals surface area contributed by atoms with E-state index >= 15 is 0 Å². The molecule has 0 saturated heterocycles. The molecular weight excluding hydrogens is 419 g/mol. The molecule has 0 radical (unpaired) electrons. The Morgan fingerprint density at radius 2 is 1.97 bits per heavy atom. The van der Waals surface area contributed by atoms with Gasteiger partial charge in [0.25, 0.3) is 5.91 Å². The van der Waals surface area contributed by atoms with Crippen LogP contribution in [-0.4, -0.2) is 36.2 Å². The molecule has 1 aliphatic heterocycles. The molecule has 0 aliphatic carbocycles. The van der Waals surface area contributed by atoms with Crippen LogP contribution >= 0.6 is 23.4 Å². The Bertz CT molecular complexity index is 939. The number of halogens is 2. The Hall–Kier alpha value is -2.58. The number of hydrogen-bond acceptors (Lipinski definition) is 5. The maximum atomic E-state index is 13.1. The summed E-state index contributed by atoms with van der Waals surface area (Å²) in [6.07, 6.45) is -0.172. The highest BCUT2D eigenvalue weighted by Gasteiger charge is 2.30. The minimum atomic E-state index is -0.661. The van der Waals surface area contributed by atoms with Crippen LogP contribution in [-0.2, 0) is 19.1 Å². The monoisotopic (exact) mass is 436 g/mol. The van der Waals surface area contributed by atoms with Crippen molar-refractivity contribution < 1.29 is 23.5 Å². The van der Waals surface area contributed by atoms with Crippen LogP contribution in [0.5, 0.6) is 0 Å². The molecule has 3 rings (SSSR count). The predicted molar refractivity (Wildman–Crippen MR) is 110 cm³/mol. The van der Waals surface area contributed by atoms with Crippen LogP contribution in [0.15, 0.2) is 47.4 Å². The third-order valence-corrected chi connectivity index (χ3v) is 5.74. The van der Waals surface area contributed by atoms with Crippen molar-refractivity contribution in [1.29, 1.82) is 0 Å². The van der Waals surface area contributed by atoms with E-state index in [-0.39, 0.29) is 12.3 Å². The number of carbonyl (C=O) groups is 3. The number of hydrogen-bond donors (Lipinski definition) is 1. The fourth-order valence-electron chi connectivity index (χ4n) is 2.81. The van der Waals surface area contributed by atoms with E-state index in [0.717, 1.165) is 4.90 Å². The Balaban J connectivity index is 1.55. The topological polar surface area (TPSA) is 75.7 Å². The zero-order chi connectivity index (χ0) is 21.0. The quantitative estimate of drug-likeness (QED) is 0.695. The summed E-state index contributed by atoms with van der Waals surface area (Å²) < 4.78 is 18.1. The number of ether oxygens (including phenoxy) is 1. The molecule has 1 atom stereocenters. The van der Waals surface area contributed by atoms with E-state index in [4.69, 9.17) is 16.3 Å². The van der Waals surface area contributed by atoms with Gasteiger partial charge in [0, 0.05) is 22.2 Å². The number of fused-ring (bicyclic) bond motifs is 1. The van der Waals surface area contributed by atoms with E-state index in [9.17, 15) is 18.8 Å². The number of amides is 2. The van der Waals surface area contributed by atoms with Gasteiger partial charge in [-0.15, -0.1) is 11.8 Å². The van der Waals surface area contributed by atoms with Gasteiger partial charge in [0.1, 0.15) is 5.82 Å². The minimum absolute atomic E-state index is 0.172. The number of carbonyl (C=O) groups excluding carboxylic acids is 3. The number of nitrogens with zero attached hydrogens (tertiary/aromatic N) is 1. The second-order valence-electron chi connectivity index (χ2n) is 6.22. The Morgan fingerprint density at radius 1 is 1.24 bits per heavy atom. The highest BCUT2D eigenvalue weighted by atomic mass is 35.5. The van der Waals surface area contributed by atoms with Crippen molar-refractivity contribution in [1.82, 2.24) is 0 Å². The molecule has 1 aliphatic rings. The van der Waals surface area contributed by atoms with E-state index in [1.807, 2.05) is 0 Å². The van der Waals surface area contributed by atoms with Gasteiger partial charge in [0.05, 0.1) is 17.4 Å². The van der Waals surface area contributed by atoms with Gasteiger partial charge in [-0.05, 0) is 49.4 Å². The maximum Gasteiger partial charge on any atom is 0.307 e. The SMILES string of the molecule is CCN(C(=O)COC(=O)CC1Sc2ccc(Cl)cc2NC1=O)c1ccc(F)cc1. The average molecular weight is 437 g/mol. The molecule has 0 saturated carbocycles. The molecule has 0 fully saturated rings. The molecule has 0 bridgehead atoms. The van der Waals surface area contributed by atoms with Crippen molar-refractivity contribution in [2.24, 2.45) is 0 Å². The average Bonchev–Trinajstić information content (AvgIpc) is 2.69. The number of benzene rings is 2. The molecule has 1 N–H and O–H groups in total. The van der Waals surface area contributed by atoms with E-state index in [0.29, 0.717) is 22.9 Å².